The Kier molecular flexibility index (Phi) is 6.57. The molecule has 0 spiro atoms. The van der Waals surface area contributed by atoms with Gasteiger partial charge in [-0.15, -0.1) is 0 Å². The second-order valence-corrected chi connectivity index (χ2v) is 8.51. The minimum Gasteiger partial charge on any atom is -0.494 e. The van der Waals surface area contributed by atoms with Gasteiger partial charge in [0, 0.05) is 48.9 Å². The molecule has 172 valence electrons. The number of aromatic amines is 1. The molecular formula is C24H28ClN7O. The Bertz CT molecular complexity index is 1270. The van der Waals surface area contributed by atoms with Crippen LogP contribution in [0.2, 0.25) is 5.02 Å². The van der Waals surface area contributed by atoms with Gasteiger partial charge in [0.05, 0.1) is 41.1 Å². The molecule has 0 amide bonds. The van der Waals surface area contributed by atoms with Crippen molar-refractivity contribution in [3.63, 3.8) is 0 Å². The summed E-state index contributed by atoms with van der Waals surface area (Å²) in [5, 5.41) is 4.74. The van der Waals surface area contributed by atoms with E-state index in [-0.39, 0.29) is 0 Å². The average Bonchev–Trinajstić information content (AvgIpc) is 3.23. The van der Waals surface area contributed by atoms with Gasteiger partial charge in [-0.25, -0.2) is 9.97 Å². The van der Waals surface area contributed by atoms with Crippen molar-refractivity contribution >= 4 is 45.5 Å². The molecule has 0 aliphatic rings. The molecule has 0 fully saturated rings. The summed E-state index contributed by atoms with van der Waals surface area (Å²) in [5.41, 5.74) is 11.1. The van der Waals surface area contributed by atoms with E-state index in [1.54, 1.807) is 13.3 Å². The number of nitrogens with zero attached hydrogens (tertiary/aromatic N) is 4. The average molecular weight is 466 g/mol. The van der Waals surface area contributed by atoms with Crippen LogP contribution in [0.25, 0.3) is 22.2 Å². The third-order valence-corrected chi connectivity index (χ3v) is 5.75. The number of nitrogen functional groups attached to an aromatic ring is 1. The Hall–Kier alpha value is -3.49. The van der Waals surface area contributed by atoms with E-state index >= 15 is 0 Å². The molecule has 2 aromatic heterocycles. The van der Waals surface area contributed by atoms with Crippen LogP contribution in [0.5, 0.6) is 5.75 Å². The molecule has 8 nitrogen and oxygen atoms in total. The lowest BCUT2D eigenvalue weighted by Gasteiger charge is -2.24. The number of ether oxygens (including phenoxy) is 1. The highest BCUT2D eigenvalue weighted by atomic mass is 35.5. The Balaban J connectivity index is 1.65. The van der Waals surface area contributed by atoms with Crippen LogP contribution in [0.1, 0.15) is 0 Å². The number of benzene rings is 2. The Morgan fingerprint density at radius 3 is 2.70 bits per heavy atom. The van der Waals surface area contributed by atoms with Gasteiger partial charge in [0.1, 0.15) is 5.75 Å². The summed E-state index contributed by atoms with van der Waals surface area (Å²) in [6.45, 7) is 1.74. The van der Waals surface area contributed by atoms with Crippen molar-refractivity contribution in [2.24, 2.45) is 0 Å². The number of hydrogen-bond donors (Lipinski definition) is 3. The van der Waals surface area contributed by atoms with Crippen LogP contribution >= 0.6 is 11.6 Å². The fourth-order valence-corrected chi connectivity index (χ4v) is 3.85. The third kappa shape index (κ3) is 4.81. The van der Waals surface area contributed by atoms with Crippen LogP contribution in [0, 0.1) is 0 Å². The number of aromatic nitrogens is 3. The van der Waals surface area contributed by atoms with Crippen molar-refractivity contribution in [1.29, 1.82) is 0 Å². The monoisotopic (exact) mass is 465 g/mol. The van der Waals surface area contributed by atoms with E-state index in [2.05, 4.69) is 30.1 Å². The van der Waals surface area contributed by atoms with Gasteiger partial charge < -0.3 is 30.6 Å². The van der Waals surface area contributed by atoms with Crippen LogP contribution in [0.4, 0.5) is 23.0 Å². The summed E-state index contributed by atoms with van der Waals surface area (Å²) in [6, 6.07) is 11.8. The standard InChI is InChI=1S/C24H28ClN7O/c1-31(2)9-10-32(3)21-12-22(33-4)20(11-18(21)26)29-24-28-14-17(25)23(30-24)16-13-27-19-8-6-5-7-15(16)19/h5-8,11-14,27H,9-10,26H2,1-4H3,(H,28,29,30). The molecule has 0 atom stereocenters. The predicted molar refractivity (Wildman–Crippen MR) is 137 cm³/mol. The first-order valence-corrected chi connectivity index (χ1v) is 10.9. The molecule has 0 unspecified atom stereocenters. The highest BCUT2D eigenvalue weighted by Crippen LogP contribution is 2.37. The van der Waals surface area contributed by atoms with Crippen LogP contribution in [0.15, 0.2) is 48.8 Å². The van der Waals surface area contributed by atoms with E-state index in [4.69, 9.17) is 22.1 Å². The molecule has 0 bridgehead atoms. The Morgan fingerprint density at radius 2 is 1.94 bits per heavy atom. The van der Waals surface area contributed by atoms with Crippen molar-refractivity contribution in [3.05, 3.63) is 53.8 Å². The fraction of sp³-hybridized carbons (Fsp3) is 0.250. The lowest BCUT2D eigenvalue weighted by molar-refractivity contribution is 0.413. The quantitative estimate of drug-likeness (QED) is 0.327. The van der Waals surface area contributed by atoms with Gasteiger partial charge in [-0.2, -0.15) is 0 Å². The molecule has 4 rings (SSSR count). The molecule has 4 N–H and O–H groups in total. The first kappa shape index (κ1) is 22.7. The molecule has 9 heteroatoms. The normalized spacial score (nSPS) is 11.2. The molecular weight excluding hydrogens is 438 g/mol. The zero-order valence-corrected chi connectivity index (χ0v) is 19.9. The number of fused-ring (bicyclic) bond motifs is 1. The maximum atomic E-state index is 6.46. The number of para-hydroxylation sites is 1. The van der Waals surface area contributed by atoms with Crippen molar-refractivity contribution in [2.75, 3.05) is 57.3 Å². The van der Waals surface area contributed by atoms with E-state index in [1.165, 1.54) is 0 Å². The predicted octanol–water partition coefficient (Wildman–Crippen LogP) is 4.61. The Labute approximate surface area is 198 Å². The van der Waals surface area contributed by atoms with Crippen molar-refractivity contribution < 1.29 is 4.74 Å². The summed E-state index contributed by atoms with van der Waals surface area (Å²) in [7, 11) is 7.72. The molecule has 0 aliphatic heterocycles. The summed E-state index contributed by atoms with van der Waals surface area (Å²) in [4.78, 5) is 16.5. The van der Waals surface area contributed by atoms with Crippen LogP contribution in [-0.4, -0.2) is 61.2 Å². The van der Waals surface area contributed by atoms with Gasteiger partial charge in [0.15, 0.2) is 0 Å². The zero-order chi connectivity index (χ0) is 23.5. The lowest BCUT2D eigenvalue weighted by atomic mass is 10.1. The van der Waals surface area contributed by atoms with Crippen molar-refractivity contribution in [3.8, 4) is 17.0 Å². The van der Waals surface area contributed by atoms with Gasteiger partial charge in [0.2, 0.25) is 5.95 Å². The topological polar surface area (TPSA) is 95.3 Å². The largest absolute Gasteiger partial charge is 0.494 e. The maximum absolute atomic E-state index is 6.46. The number of likely N-dealkylation sites (N-methyl/N-ethyl adjacent to an activating group) is 2. The van der Waals surface area contributed by atoms with E-state index in [1.807, 2.05) is 63.7 Å². The number of nitrogens with two attached hydrogens (primary N) is 1. The zero-order valence-electron chi connectivity index (χ0n) is 19.2. The molecule has 2 aromatic carbocycles. The number of anilines is 4. The first-order chi connectivity index (χ1) is 15.9. The van der Waals surface area contributed by atoms with Crippen LogP contribution in [0.3, 0.4) is 0 Å². The minimum atomic E-state index is 0.395. The Morgan fingerprint density at radius 1 is 1.15 bits per heavy atom. The summed E-state index contributed by atoms with van der Waals surface area (Å²) >= 11 is 6.46. The fourth-order valence-electron chi connectivity index (χ4n) is 3.66. The van der Waals surface area contributed by atoms with Gasteiger partial charge in [-0.05, 0) is 26.2 Å². The number of nitrogens with one attached hydrogen (secondary N) is 2. The molecule has 0 saturated carbocycles. The molecule has 0 aliphatic carbocycles. The van der Waals surface area contributed by atoms with Gasteiger partial charge in [-0.1, -0.05) is 29.8 Å². The van der Waals surface area contributed by atoms with Gasteiger partial charge in [0.25, 0.3) is 0 Å². The highest BCUT2D eigenvalue weighted by Gasteiger charge is 2.16. The van der Waals surface area contributed by atoms with Crippen LogP contribution < -0.4 is 20.7 Å². The summed E-state index contributed by atoms with van der Waals surface area (Å²) in [5.74, 6) is 1.04. The number of methoxy groups -OCH3 is 1. The second kappa shape index (κ2) is 9.56. The van der Waals surface area contributed by atoms with E-state index in [0.29, 0.717) is 33.8 Å². The lowest BCUT2D eigenvalue weighted by Crippen LogP contribution is -2.29. The third-order valence-electron chi connectivity index (χ3n) is 5.48. The SMILES string of the molecule is COc1cc(N(C)CCN(C)C)c(N)cc1Nc1ncc(Cl)c(-c2c[nH]c3ccccc23)n1. The van der Waals surface area contributed by atoms with Crippen LogP contribution in [-0.2, 0) is 0 Å². The molecule has 4 aromatic rings. The van der Waals surface area contributed by atoms with Crippen molar-refractivity contribution in [2.45, 2.75) is 0 Å². The maximum Gasteiger partial charge on any atom is 0.227 e. The molecule has 0 saturated heterocycles. The first-order valence-electron chi connectivity index (χ1n) is 10.6. The summed E-state index contributed by atoms with van der Waals surface area (Å²) < 4.78 is 5.63. The van der Waals surface area contributed by atoms with E-state index in [0.717, 1.165) is 35.2 Å². The number of rotatable bonds is 8. The van der Waals surface area contributed by atoms with Gasteiger partial charge in [-0.3, -0.25) is 0 Å². The smallest absolute Gasteiger partial charge is 0.227 e. The number of halogens is 1. The van der Waals surface area contributed by atoms with Gasteiger partial charge >= 0.3 is 0 Å². The molecule has 2 heterocycles. The van der Waals surface area contributed by atoms with Crippen molar-refractivity contribution in [1.82, 2.24) is 19.9 Å². The van der Waals surface area contributed by atoms with E-state index < -0.39 is 0 Å². The summed E-state index contributed by atoms with van der Waals surface area (Å²) in [6.07, 6.45) is 3.49. The molecule has 0 radical (unpaired) electrons. The molecule has 33 heavy (non-hydrogen) atoms. The second-order valence-electron chi connectivity index (χ2n) is 8.10. The van der Waals surface area contributed by atoms with E-state index in [9.17, 15) is 0 Å². The number of H-pyrrole nitrogens is 1. The highest BCUT2D eigenvalue weighted by molar-refractivity contribution is 6.33. The minimum absolute atomic E-state index is 0.395. The number of hydrogen-bond acceptors (Lipinski definition) is 7.